The normalized spacial score (nSPS) is 10.6. The van der Waals surface area contributed by atoms with E-state index in [2.05, 4.69) is 5.32 Å². The van der Waals surface area contributed by atoms with Crippen LogP contribution in [-0.2, 0) is 0 Å². The van der Waals surface area contributed by atoms with Gasteiger partial charge in [0.1, 0.15) is 16.5 Å². The van der Waals surface area contributed by atoms with Crippen molar-refractivity contribution in [2.45, 2.75) is 27.7 Å². The van der Waals surface area contributed by atoms with Crippen molar-refractivity contribution in [3.8, 4) is 0 Å². The number of nitrogens with one attached hydrogen (secondary N) is 1. The Morgan fingerprint density at radius 2 is 1.90 bits per heavy atom. The Hall–Kier alpha value is -2.08. The lowest BCUT2D eigenvalue weighted by atomic mass is 10.1. The number of thiophene rings is 1. The van der Waals surface area contributed by atoms with Gasteiger partial charge in [0.2, 0.25) is 0 Å². The summed E-state index contributed by atoms with van der Waals surface area (Å²) in [6.45, 7) is 7.02. The van der Waals surface area contributed by atoms with Crippen LogP contribution in [0.2, 0.25) is 0 Å². The number of amides is 1. The first kappa shape index (κ1) is 14.3. The average Bonchev–Trinajstić information content (AvgIpc) is 2.80. The molecule has 0 aliphatic heterocycles. The second kappa shape index (κ2) is 5.13. The molecule has 5 nitrogen and oxygen atoms in total. The summed E-state index contributed by atoms with van der Waals surface area (Å²) in [4.78, 5) is 24.3. The summed E-state index contributed by atoms with van der Waals surface area (Å²) in [5.74, 6) is -0.239. The van der Waals surface area contributed by atoms with Gasteiger partial charge in [0.25, 0.3) is 5.91 Å². The maximum atomic E-state index is 12.2. The molecule has 0 aliphatic carbocycles. The SMILES string of the molecule is Cc1cc(C(=O)Nc2sc(C)c(C)c2C(=O)O)c(C)o1. The molecule has 0 saturated heterocycles. The Morgan fingerprint density at radius 3 is 2.40 bits per heavy atom. The highest BCUT2D eigenvalue weighted by Crippen LogP contribution is 2.33. The van der Waals surface area contributed by atoms with Crippen LogP contribution >= 0.6 is 11.3 Å². The predicted molar refractivity (Wildman–Crippen MR) is 76.9 cm³/mol. The molecule has 106 valence electrons. The number of rotatable bonds is 3. The van der Waals surface area contributed by atoms with Crippen molar-refractivity contribution in [2.24, 2.45) is 0 Å². The molecule has 0 fully saturated rings. The van der Waals surface area contributed by atoms with Crippen LogP contribution in [0, 0.1) is 27.7 Å². The molecule has 6 heteroatoms. The summed E-state index contributed by atoms with van der Waals surface area (Å²) in [7, 11) is 0. The monoisotopic (exact) mass is 293 g/mol. The third-order valence-corrected chi connectivity index (χ3v) is 4.23. The van der Waals surface area contributed by atoms with Crippen LogP contribution in [0.1, 0.15) is 42.7 Å². The van der Waals surface area contributed by atoms with E-state index in [9.17, 15) is 14.7 Å². The zero-order valence-electron chi connectivity index (χ0n) is 11.7. The Bertz CT molecular complexity index is 696. The van der Waals surface area contributed by atoms with Crippen LogP contribution in [0.25, 0.3) is 0 Å². The van der Waals surface area contributed by atoms with Crippen molar-refractivity contribution in [3.05, 3.63) is 39.2 Å². The summed E-state index contributed by atoms with van der Waals surface area (Å²) in [5, 5.41) is 12.3. The largest absolute Gasteiger partial charge is 0.478 e. The van der Waals surface area contributed by atoms with E-state index in [1.807, 2.05) is 6.92 Å². The molecule has 20 heavy (non-hydrogen) atoms. The van der Waals surface area contributed by atoms with E-state index in [0.717, 1.165) is 4.88 Å². The number of aromatic carboxylic acids is 1. The molecular formula is C14H15NO4S. The van der Waals surface area contributed by atoms with Crippen molar-refractivity contribution in [1.29, 1.82) is 0 Å². The van der Waals surface area contributed by atoms with Gasteiger partial charge in [-0.3, -0.25) is 4.79 Å². The van der Waals surface area contributed by atoms with Gasteiger partial charge >= 0.3 is 5.97 Å². The molecule has 0 aromatic carbocycles. The fourth-order valence-corrected chi connectivity index (χ4v) is 3.05. The molecule has 1 amide bonds. The molecule has 2 aromatic heterocycles. The predicted octanol–water partition coefficient (Wildman–Crippen LogP) is 3.53. The van der Waals surface area contributed by atoms with Crippen molar-refractivity contribution in [2.75, 3.05) is 5.32 Å². The number of aryl methyl sites for hydroxylation is 3. The first-order chi connectivity index (χ1) is 9.31. The standard InChI is InChI=1S/C14H15NO4S/c1-6-5-10(8(3)19-6)12(16)15-13-11(14(17)18)7(2)9(4)20-13/h5H,1-4H3,(H,15,16)(H,17,18). The highest BCUT2D eigenvalue weighted by molar-refractivity contribution is 7.16. The van der Waals surface area contributed by atoms with E-state index in [-0.39, 0.29) is 11.5 Å². The van der Waals surface area contributed by atoms with Crippen LogP contribution in [0.15, 0.2) is 10.5 Å². The lowest BCUT2D eigenvalue weighted by molar-refractivity contribution is 0.0697. The second-order valence-electron chi connectivity index (χ2n) is 4.57. The van der Waals surface area contributed by atoms with Crippen LogP contribution in [0.5, 0.6) is 0 Å². The van der Waals surface area contributed by atoms with E-state index in [0.29, 0.717) is 27.6 Å². The van der Waals surface area contributed by atoms with E-state index in [4.69, 9.17) is 4.42 Å². The summed E-state index contributed by atoms with van der Waals surface area (Å²) in [5.41, 5.74) is 1.25. The third kappa shape index (κ3) is 2.46. The van der Waals surface area contributed by atoms with Gasteiger partial charge in [-0.05, 0) is 39.3 Å². The lowest BCUT2D eigenvalue weighted by Gasteiger charge is -2.03. The number of hydrogen-bond donors (Lipinski definition) is 2. The first-order valence-corrected chi connectivity index (χ1v) is 6.84. The van der Waals surface area contributed by atoms with Gasteiger partial charge in [0.15, 0.2) is 0 Å². The first-order valence-electron chi connectivity index (χ1n) is 6.03. The van der Waals surface area contributed by atoms with E-state index >= 15 is 0 Å². The van der Waals surface area contributed by atoms with Crippen LogP contribution in [-0.4, -0.2) is 17.0 Å². The smallest absolute Gasteiger partial charge is 0.338 e. The van der Waals surface area contributed by atoms with E-state index in [1.165, 1.54) is 11.3 Å². The van der Waals surface area contributed by atoms with Crippen molar-refractivity contribution >= 4 is 28.2 Å². The zero-order valence-corrected chi connectivity index (χ0v) is 12.5. The lowest BCUT2D eigenvalue weighted by Crippen LogP contribution is -2.13. The summed E-state index contributed by atoms with van der Waals surface area (Å²) in [6, 6.07) is 1.64. The fraction of sp³-hybridized carbons (Fsp3) is 0.286. The molecule has 0 bridgehead atoms. The van der Waals surface area contributed by atoms with Gasteiger partial charge in [0.05, 0.1) is 11.1 Å². The van der Waals surface area contributed by atoms with Crippen molar-refractivity contribution in [1.82, 2.24) is 0 Å². The fourth-order valence-electron chi connectivity index (χ4n) is 2.00. The number of anilines is 1. The van der Waals surface area contributed by atoms with Gasteiger partial charge in [0, 0.05) is 4.88 Å². The maximum absolute atomic E-state index is 12.2. The molecule has 0 atom stereocenters. The van der Waals surface area contributed by atoms with Gasteiger partial charge in [-0.1, -0.05) is 0 Å². The highest BCUT2D eigenvalue weighted by Gasteiger charge is 2.22. The van der Waals surface area contributed by atoms with Gasteiger partial charge in [-0.2, -0.15) is 0 Å². The Kier molecular flexibility index (Phi) is 3.67. The highest BCUT2D eigenvalue weighted by atomic mass is 32.1. The summed E-state index contributed by atoms with van der Waals surface area (Å²) in [6.07, 6.45) is 0. The second-order valence-corrected chi connectivity index (χ2v) is 5.80. The van der Waals surface area contributed by atoms with Crippen LogP contribution < -0.4 is 5.32 Å². The van der Waals surface area contributed by atoms with Gasteiger partial charge in [-0.25, -0.2) is 4.79 Å². The number of carbonyl (C=O) groups excluding carboxylic acids is 1. The minimum Gasteiger partial charge on any atom is -0.478 e. The van der Waals surface area contributed by atoms with Crippen molar-refractivity contribution in [3.63, 3.8) is 0 Å². The Labute approximate surface area is 120 Å². The number of carboxylic acid groups (broad SMARTS) is 1. The van der Waals surface area contributed by atoms with Crippen molar-refractivity contribution < 1.29 is 19.1 Å². The molecule has 0 aliphatic rings. The Morgan fingerprint density at radius 1 is 1.25 bits per heavy atom. The molecular weight excluding hydrogens is 278 g/mol. The molecule has 2 N–H and O–H groups in total. The zero-order chi connectivity index (χ0) is 15.0. The average molecular weight is 293 g/mol. The minimum absolute atomic E-state index is 0.152. The molecule has 2 rings (SSSR count). The number of hydrogen-bond acceptors (Lipinski definition) is 4. The molecule has 0 unspecified atom stereocenters. The third-order valence-electron chi connectivity index (χ3n) is 3.11. The minimum atomic E-state index is -1.04. The van der Waals surface area contributed by atoms with Crippen LogP contribution in [0.4, 0.5) is 5.00 Å². The number of carboxylic acids is 1. The van der Waals surface area contributed by atoms with Crippen LogP contribution in [0.3, 0.4) is 0 Å². The molecule has 0 saturated carbocycles. The molecule has 0 radical (unpaired) electrons. The van der Waals surface area contributed by atoms with Gasteiger partial charge in [-0.15, -0.1) is 11.3 Å². The van der Waals surface area contributed by atoms with E-state index in [1.54, 1.807) is 26.8 Å². The molecule has 2 heterocycles. The number of carbonyl (C=O) groups is 2. The topological polar surface area (TPSA) is 79.5 Å². The van der Waals surface area contributed by atoms with E-state index < -0.39 is 5.97 Å². The number of furan rings is 1. The summed E-state index contributed by atoms with van der Waals surface area (Å²) < 4.78 is 5.31. The quantitative estimate of drug-likeness (QED) is 0.907. The van der Waals surface area contributed by atoms with Gasteiger partial charge < -0.3 is 14.8 Å². The Balaban J connectivity index is 2.35. The maximum Gasteiger partial charge on any atom is 0.338 e. The summed E-state index contributed by atoms with van der Waals surface area (Å²) >= 11 is 1.26. The molecule has 0 spiro atoms. The molecule has 2 aromatic rings.